The first kappa shape index (κ1) is 22.4. The molecule has 9 nitrogen and oxygen atoms in total. The number of nitrogens with one attached hydrogen (secondary N) is 1. The Morgan fingerprint density at radius 3 is 2.58 bits per heavy atom. The number of amides is 1. The van der Waals surface area contributed by atoms with Gasteiger partial charge in [-0.05, 0) is 43.5 Å². The van der Waals surface area contributed by atoms with Gasteiger partial charge in [-0.15, -0.1) is 0 Å². The number of halogens is 1. The molecule has 2 aromatic carbocycles. The van der Waals surface area contributed by atoms with Crippen molar-refractivity contribution in [2.75, 3.05) is 37.0 Å². The molecule has 164 valence electrons. The zero-order valence-corrected chi connectivity index (χ0v) is 17.7. The summed E-state index contributed by atoms with van der Waals surface area (Å²) in [6.07, 6.45) is 3.03. The fraction of sp³-hybridized carbons (Fsp3) is 0.333. The third-order valence-electron chi connectivity index (χ3n) is 4.88. The molecule has 31 heavy (non-hydrogen) atoms. The second-order valence-electron chi connectivity index (χ2n) is 6.98. The third-order valence-corrected chi connectivity index (χ3v) is 5.11. The molecule has 0 radical (unpaired) electrons. The largest absolute Gasteiger partial charge is 0.495 e. The van der Waals surface area contributed by atoms with E-state index < -0.39 is 23.4 Å². The Morgan fingerprint density at radius 1 is 1.16 bits per heavy atom. The molecule has 0 saturated carbocycles. The molecule has 1 saturated heterocycles. The van der Waals surface area contributed by atoms with Gasteiger partial charge in [0.25, 0.3) is 11.6 Å². The molecule has 1 aliphatic rings. The van der Waals surface area contributed by atoms with E-state index in [0.717, 1.165) is 32.4 Å². The maximum absolute atomic E-state index is 12.7. The summed E-state index contributed by atoms with van der Waals surface area (Å²) in [6.45, 7) is 0.914. The lowest BCUT2D eigenvalue weighted by Crippen LogP contribution is -2.31. The van der Waals surface area contributed by atoms with Crippen LogP contribution in [0.2, 0.25) is 5.02 Å². The number of methoxy groups -OCH3 is 1. The van der Waals surface area contributed by atoms with E-state index in [4.69, 9.17) is 21.1 Å². The number of hydrogen-bond acceptors (Lipinski definition) is 7. The van der Waals surface area contributed by atoms with Gasteiger partial charge < -0.3 is 19.7 Å². The van der Waals surface area contributed by atoms with Crippen molar-refractivity contribution in [3.8, 4) is 5.75 Å². The first-order valence-corrected chi connectivity index (χ1v) is 10.1. The first-order valence-electron chi connectivity index (χ1n) is 9.73. The number of carbonyl (C=O) groups excluding carboxylic acids is 2. The number of nitro groups is 1. The van der Waals surface area contributed by atoms with Crippen LogP contribution in [-0.4, -0.2) is 43.6 Å². The van der Waals surface area contributed by atoms with Crippen LogP contribution in [0.4, 0.5) is 17.1 Å². The second kappa shape index (κ2) is 10.1. The van der Waals surface area contributed by atoms with Gasteiger partial charge in [0.05, 0.1) is 29.0 Å². The minimum atomic E-state index is -0.808. The summed E-state index contributed by atoms with van der Waals surface area (Å²) in [5.41, 5.74) is 0.734. The molecule has 10 heteroatoms. The summed E-state index contributed by atoms with van der Waals surface area (Å²) in [7, 11) is 1.45. The van der Waals surface area contributed by atoms with Crippen LogP contribution in [0, 0.1) is 10.1 Å². The zero-order valence-electron chi connectivity index (χ0n) is 16.9. The van der Waals surface area contributed by atoms with E-state index in [1.54, 1.807) is 18.2 Å². The van der Waals surface area contributed by atoms with E-state index in [1.807, 2.05) is 4.90 Å². The van der Waals surface area contributed by atoms with Crippen LogP contribution in [-0.2, 0) is 9.53 Å². The predicted molar refractivity (Wildman–Crippen MR) is 116 cm³/mol. The van der Waals surface area contributed by atoms with E-state index in [-0.39, 0.29) is 11.3 Å². The molecular formula is C21H22ClN3O6. The van der Waals surface area contributed by atoms with Crippen molar-refractivity contribution in [3.63, 3.8) is 0 Å². The van der Waals surface area contributed by atoms with Crippen LogP contribution in [0.1, 0.15) is 29.6 Å². The number of esters is 1. The van der Waals surface area contributed by atoms with Crippen molar-refractivity contribution >= 4 is 40.5 Å². The number of rotatable bonds is 7. The quantitative estimate of drug-likeness (QED) is 0.387. The zero-order chi connectivity index (χ0) is 22.4. The van der Waals surface area contributed by atoms with Crippen molar-refractivity contribution in [1.82, 2.24) is 0 Å². The fourth-order valence-electron chi connectivity index (χ4n) is 3.38. The number of piperidine rings is 1. The van der Waals surface area contributed by atoms with E-state index in [9.17, 15) is 19.7 Å². The highest BCUT2D eigenvalue weighted by molar-refractivity contribution is 6.31. The van der Waals surface area contributed by atoms with Crippen molar-refractivity contribution < 1.29 is 24.0 Å². The molecule has 1 heterocycles. The van der Waals surface area contributed by atoms with Crippen LogP contribution >= 0.6 is 11.6 Å². The second-order valence-corrected chi connectivity index (χ2v) is 7.41. The van der Waals surface area contributed by atoms with Crippen LogP contribution < -0.4 is 15.0 Å². The van der Waals surface area contributed by atoms with Gasteiger partial charge in [0.1, 0.15) is 5.75 Å². The molecule has 0 aliphatic carbocycles. The van der Waals surface area contributed by atoms with Gasteiger partial charge >= 0.3 is 5.97 Å². The van der Waals surface area contributed by atoms with E-state index in [1.165, 1.54) is 25.3 Å². The minimum Gasteiger partial charge on any atom is -0.495 e. The smallest absolute Gasteiger partial charge is 0.341 e. The van der Waals surface area contributed by atoms with E-state index in [0.29, 0.717) is 22.1 Å². The Labute approximate surface area is 184 Å². The molecule has 1 N–H and O–H groups in total. The van der Waals surface area contributed by atoms with Gasteiger partial charge in [0.15, 0.2) is 6.61 Å². The average molecular weight is 448 g/mol. The third kappa shape index (κ3) is 5.64. The minimum absolute atomic E-state index is 0.0595. The highest BCUT2D eigenvalue weighted by Crippen LogP contribution is 2.29. The van der Waals surface area contributed by atoms with Crippen molar-refractivity contribution in [1.29, 1.82) is 0 Å². The molecule has 0 aromatic heterocycles. The molecule has 3 rings (SSSR count). The lowest BCUT2D eigenvalue weighted by molar-refractivity contribution is -0.384. The van der Waals surface area contributed by atoms with Crippen molar-refractivity contribution in [3.05, 3.63) is 57.1 Å². The molecule has 1 fully saturated rings. The maximum atomic E-state index is 12.7. The van der Waals surface area contributed by atoms with Crippen LogP contribution in [0.3, 0.4) is 0 Å². The molecule has 0 atom stereocenters. The fourth-order valence-corrected chi connectivity index (χ4v) is 3.56. The van der Waals surface area contributed by atoms with Gasteiger partial charge in [-0.3, -0.25) is 14.9 Å². The van der Waals surface area contributed by atoms with Gasteiger partial charge in [0.2, 0.25) is 0 Å². The highest BCUT2D eigenvalue weighted by Gasteiger charge is 2.23. The summed E-state index contributed by atoms with van der Waals surface area (Å²) in [4.78, 5) is 37.6. The molecule has 1 aliphatic heterocycles. The van der Waals surface area contributed by atoms with Gasteiger partial charge in [-0.25, -0.2) is 4.79 Å². The number of anilines is 2. The summed E-state index contributed by atoms with van der Waals surface area (Å²) in [5, 5.41) is 14.1. The monoisotopic (exact) mass is 447 g/mol. The number of ether oxygens (including phenoxy) is 2. The number of hydrogen-bond donors (Lipinski definition) is 1. The Balaban J connectivity index is 1.73. The van der Waals surface area contributed by atoms with Crippen molar-refractivity contribution in [2.24, 2.45) is 0 Å². The molecule has 0 unspecified atom stereocenters. The van der Waals surface area contributed by atoms with Gasteiger partial charge in [0, 0.05) is 30.2 Å². The average Bonchev–Trinajstić information content (AvgIpc) is 2.77. The SMILES string of the molecule is COc1ccc(Cl)cc1NC(=O)COC(=O)c1cc([N+](=O)[O-])ccc1N1CCCCC1. The summed E-state index contributed by atoms with van der Waals surface area (Å²) < 4.78 is 10.3. The topological polar surface area (TPSA) is 111 Å². The summed E-state index contributed by atoms with van der Waals surface area (Å²) in [6, 6.07) is 8.81. The Hall–Kier alpha value is -3.33. The van der Waals surface area contributed by atoms with Crippen LogP contribution in [0.5, 0.6) is 5.75 Å². The molecule has 2 aromatic rings. The number of benzene rings is 2. The number of nitro benzene ring substituents is 1. The number of nitrogens with zero attached hydrogens (tertiary/aromatic N) is 2. The summed E-state index contributed by atoms with van der Waals surface area (Å²) >= 11 is 5.94. The summed E-state index contributed by atoms with van der Waals surface area (Å²) in [5.74, 6) is -1.01. The molecule has 0 bridgehead atoms. The van der Waals surface area contributed by atoms with Crippen LogP contribution in [0.15, 0.2) is 36.4 Å². The Bertz CT molecular complexity index is 991. The molecule has 1 amide bonds. The van der Waals surface area contributed by atoms with Gasteiger partial charge in [-0.1, -0.05) is 11.6 Å². The number of non-ortho nitro benzene ring substituents is 1. The van der Waals surface area contributed by atoms with E-state index >= 15 is 0 Å². The number of carbonyl (C=O) groups is 2. The van der Waals surface area contributed by atoms with E-state index in [2.05, 4.69) is 5.32 Å². The van der Waals surface area contributed by atoms with Gasteiger partial charge in [-0.2, -0.15) is 0 Å². The highest BCUT2D eigenvalue weighted by atomic mass is 35.5. The maximum Gasteiger partial charge on any atom is 0.341 e. The Morgan fingerprint density at radius 2 is 1.90 bits per heavy atom. The standard InChI is InChI=1S/C21H22ClN3O6/c1-30-19-8-5-14(22)11-17(19)23-20(26)13-31-21(27)16-12-15(25(28)29)6-7-18(16)24-9-3-2-4-10-24/h5-8,11-12H,2-4,9-10,13H2,1H3,(H,23,26). The van der Waals surface area contributed by atoms with Crippen molar-refractivity contribution in [2.45, 2.75) is 19.3 Å². The molecular weight excluding hydrogens is 426 g/mol. The lowest BCUT2D eigenvalue weighted by atomic mass is 10.1. The van der Waals surface area contributed by atoms with Crippen LogP contribution in [0.25, 0.3) is 0 Å². The molecule has 0 spiro atoms. The predicted octanol–water partition coefficient (Wildman–Crippen LogP) is 4.04. The first-order chi connectivity index (χ1) is 14.9. The lowest BCUT2D eigenvalue weighted by Gasteiger charge is -2.30. The normalized spacial score (nSPS) is 13.4. The Kier molecular flexibility index (Phi) is 7.30.